The highest BCUT2D eigenvalue weighted by Gasteiger charge is 2.15. The molecular weight excluding hydrogens is 477 g/mol. The summed E-state index contributed by atoms with van der Waals surface area (Å²) in [5.74, 6) is 0.309. The number of nitrogens with one attached hydrogen (secondary N) is 1. The molecule has 150 valence electrons. The zero-order valence-corrected chi connectivity index (χ0v) is 18.4. The van der Waals surface area contributed by atoms with Gasteiger partial charge in [0, 0.05) is 11.3 Å². The smallest absolute Gasteiger partial charge is 0.235 e. The fourth-order valence-corrected chi connectivity index (χ4v) is 3.34. The van der Waals surface area contributed by atoms with Crippen molar-refractivity contribution in [1.29, 1.82) is 0 Å². The number of anilines is 3. The van der Waals surface area contributed by atoms with Crippen molar-refractivity contribution in [3.05, 3.63) is 63.8 Å². The molecule has 0 aliphatic rings. The van der Waals surface area contributed by atoms with E-state index in [2.05, 4.69) is 31.2 Å². The first kappa shape index (κ1) is 21.4. The van der Waals surface area contributed by atoms with Gasteiger partial charge in [-0.3, -0.25) is 4.79 Å². The zero-order valence-electron chi connectivity index (χ0n) is 15.3. The van der Waals surface area contributed by atoms with Gasteiger partial charge < -0.3 is 16.8 Å². The van der Waals surface area contributed by atoms with Gasteiger partial charge in [0.2, 0.25) is 11.9 Å². The van der Waals surface area contributed by atoms with Gasteiger partial charge in [-0.05, 0) is 48.2 Å². The van der Waals surface area contributed by atoms with E-state index in [4.69, 9.17) is 34.7 Å². The fourth-order valence-electron chi connectivity index (χ4n) is 2.91. The Morgan fingerprint density at radius 1 is 1.00 bits per heavy atom. The predicted molar refractivity (Wildman–Crippen MR) is 123 cm³/mol. The molecule has 5 N–H and O–H groups in total. The van der Waals surface area contributed by atoms with Crippen molar-refractivity contribution in [3.63, 3.8) is 0 Å². The van der Waals surface area contributed by atoms with Gasteiger partial charge in [0.05, 0.1) is 21.1 Å². The normalized spacial score (nSPS) is 10.7. The fraction of sp³-hybridized carbons (Fsp3) is 0.150. The molecule has 0 atom stereocenters. The number of halogens is 3. The molecule has 0 bridgehead atoms. The van der Waals surface area contributed by atoms with Crippen LogP contribution >= 0.6 is 39.1 Å². The summed E-state index contributed by atoms with van der Waals surface area (Å²) in [7, 11) is 0. The minimum atomic E-state index is -0.101. The van der Waals surface area contributed by atoms with Crippen molar-refractivity contribution in [2.45, 2.75) is 12.8 Å². The number of hydrogen-bond donors (Lipinski definition) is 3. The number of alkyl halides is 1. The molecule has 0 aliphatic heterocycles. The van der Waals surface area contributed by atoms with Crippen LogP contribution < -0.4 is 16.8 Å². The minimum Gasteiger partial charge on any atom is -0.383 e. The monoisotopic (exact) mass is 493 g/mol. The van der Waals surface area contributed by atoms with E-state index in [1.807, 2.05) is 30.3 Å². The number of rotatable bonds is 6. The van der Waals surface area contributed by atoms with Crippen molar-refractivity contribution < 1.29 is 4.79 Å². The van der Waals surface area contributed by atoms with Gasteiger partial charge in [-0.15, -0.1) is 0 Å². The van der Waals surface area contributed by atoms with Crippen LogP contribution in [0.25, 0.3) is 11.1 Å². The lowest BCUT2D eigenvalue weighted by Crippen LogP contribution is -2.12. The van der Waals surface area contributed by atoms with Crippen LogP contribution in [0, 0.1) is 0 Å². The number of benzene rings is 2. The lowest BCUT2D eigenvalue weighted by atomic mass is 9.99. The standard InChI is InChI=1S/C20H18BrCl2N5O/c21-10-17(29)26-13-5-1-11(2-6-13)3-8-16-18(19(24)28-20(25)27-16)12-4-7-14(22)15(23)9-12/h1-2,4-7,9H,3,8,10H2,(H,26,29)(H4,24,25,27,28). The van der Waals surface area contributed by atoms with E-state index in [9.17, 15) is 4.79 Å². The van der Waals surface area contributed by atoms with E-state index in [0.29, 0.717) is 34.3 Å². The first-order valence-electron chi connectivity index (χ1n) is 8.69. The van der Waals surface area contributed by atoms with E-state index in [1.165, 1.54) is 0 Å². The first-order valence-corrected chi connectivity index (χ1v) is 10.6. The molecule has 0 aliphatic carbocycles. The molecule has 1 amide bonds. The van der Waals surface area contributed by atoms with Gasteiger partial charge in [0.25, 0.3) is 0 Å². The van der Waals surface area contributed by atoms with Crippen molar-refractivity contribution in [2.24, 2.45) is 0 Å². The number of carbonyl (C=O) groups is 1. The third kappa shape index (κ3) is 5.38. The topological polar surface area (TPSA) is 107 Å². The largest absolute Gasteiger partial charge is 0.383 e. The summed E-state index contributed by atoms with van der Waals surface area (Å²) in [6.45, 7) is 0. The SMILES string of the molecule is Nc1nc(N)c(-c2ccc(Cl)c(Cl)c2)c(CCc2ccc(NC(=O)CBr)cc2)n1. The van der Waals surface area contributed by atoms with Crippen LogP contribution in [0.4, 0.5) is 17.5 Å². The van der Waals surface area contributed by atoms with Crippen molar-refractivity contribution in [2.75, 3.05) is 22.1 Å². The number of aryl methyl sites for hydroxylation is 2. The predicted octanol–water partition coefficient (Wildman–Crippen LogP) is 4.73. The maximum Gasteiger partial charge on any atom is 0.235 e. The molecular formula is C20H18BrCl2N5O. The van der Waals surface area contributed by atoms with Gasteiger partial charge in [-0.1, -0.05) is 57.3 Å². The Labute approximate surface area is 186 Å². The molecule has 3 rings (SSSR count). The van der Waals surface area contributed by atoms with Crippen LogP contribution in [0.3, 0.4) is 0 Å². The Hall–Kier alpha value is -2.35. The van der Waals surface area contributed by atoms with Gasteiger partial charge in [-0.25, -0.2) is 4.98 Å². The molecule has 0 saturated heterocycles. The highest BCUT2D eigenvalue weighted by Crippen LogP contribution is 2.33. The number of hydrogen-bond acceptors (Lipinski definition) is 5. The summed E-state index contributed by atoms with van der Waals surface area (Å²) in [4.78, 5) is 19.9. The molecule has 9 heteroatoms. The van der Waals surface area contributed by atoms with Gasteiger partial charge in [0.1, 0.15) is 5.82 Å². The van der Waals surface area contributed by atoms with E-state index < -0.39 is 0 Å². The van der Waals surface area contributed by atoms with Crippen molar-refractivity contribution in [1.82, 2.24) is 9.97 Å². The van der Waals surface area contributed by atoms with Gasteiger partial charge in [0.15, 0.2) is 0 Å². The molecule has 3 aromatic rings. The highest BCUT2D eigenvalue weighted by molar-refractivity contribution is 9.09. The van der Waals surface area contributed by atoms with Crippen LogP contribution in [0.2, 0.25) is 10.0 Å². The second-order valence-electron chi connectivity index (χ2n) is 6.30. The van der Waals surface area contributed by atoms with Crippen LogP contribution in [-0.4, -0.2) is 21.2 Å². The molecule has 29 heavy (non-hydrogen) atoms. The molecule has 0 fully saturated rings. The van der Waals surface area contributed by atoms with Crippen LogP contribution in [0.15, 0.2) is 42.5 Å². The molecule has 1 aromatic heterocycles. The third-order valence-electron chi connectivity index (χ3n) is 4.25. The number of nitrogens with zero attached hydrogens (tertiary/aromatic N) is 2. The molecule has 0 spiro atoms. The summed E-state index contributed by atoms with van der Waals surface area (Å²) < 4.78 is 0. The maximum absolute atomic E-state index is 11.4. The van der Waals surface area contributed by atoms with E-state index in [-0.39, 0.29) is 17.2 Å². The highest BCUT2D eigenvalue weighted by atomic mass is 79.9. The van der Waals surface area contributed by atoms with Gasteiger partial charge >= 0.3 is 0 Å². The molecule has 2 aromatic carbocycles. The molecule has 1 heterocycles. The summed E-state index contributed by atoms with van der Waals surface area (Å²) in [5.41, 5.74) is 16.0. The van der Waals surface area contributed by atoms with Crippen LogP contribution in [-0.2, 0) is 17.6 Å². The number of nitrogen functional groups attached to an aromatic ring is 2. The van der Waals surface area contributed by atoms with Crippen LogP contribution in [0.5, 0.6) is 0 Å². The Morgan fingerprint density at radius 2 is 1.72 bits per heavy atom. The quantitative estimate of drug-likeness (QED) is 0.429. The minimum absolute atomic E-state index is 0.101. The zero-order chi connectivity index (χ0) is 21.0. The Balaban J connectivity index is 1.83. The molecule has 0 saturated carbocycles. The second kappa shape index (κ2) is 9.43. The number of carbonyl (C=O) groups excluding carboxylic acids is 1. The Morgan fingerprint density at radius 3 is 2.38 bits per heavy atom. The second-order valence-corrected chi connectivity index (χ2v) is 7.67. The summed E-state index contributed by atoms with van der Waals surface area (Å²) >= 11 is 15.3. The third-order valence-corrected chi connectivity index (χ3v) is 5.50. The van der Waals surface area contributed by atoms with E-state index >= 15 is 0 Å². The molecule has 6 nitrogen and oxygen atoms in total. The Kier molecular flexibility index (Phi) is 6.95. The lowest BCUT2D eigenvalue weighted by Gasteiger charge is -2.13. The van der Waals surface area contributed by atoms with Crippen molar-refractivity contribution >= 4 is 62.5 Å². The van der Waals surface area contributed by atoms with Crippen LogP contribution in [0.1, 0.15) is 11.3 Å². The maximum atomic E-state index is 11.4. The number of aromatic nitrogens is 2. The number of nitrogens with two attached hydrogens (primary N) is 2. The molecule has 0 radical (unpaired) electrons. The lowest BCUT2D eigenvalue weighted by molar-refractivity contribution is -0.113. The number of amides is 1. The Bertz CT molecular complexity index is 1040. The summed E-state index contributed by atoms with van der Waals surface area (Å²) in [5, 5.41) is 3.92. The van der Waals surface area contributed by atoms with E-state index in [0.717, 1.165) is 22.5 Å². The summed E-state index contributed by atoms with van der Waals surface area (Å²) in [6, 6.07) is 12.9. The average Bonchev–Trinajstić information content (AvgIpc) is 2.69. The molecule has 0 unspecified atom stereocenters. The van der Waals surface area contributed by atoms with E-state index in [1.54, 1.807) is 12.1 Å². The summed E-state index contributed by atoms with van der Waals surface area (Å²) in [6.07, 6.45) is 1.30. The first-order chi connectivity index (χ1) is 13.9. The van der Waals surface area contributed by atoms with Crippen molar-refractivity contribution in [3.8, 4) is 11.1 Å². The average molecular weight is 495 g/mol. The van der Waals surface area contributed by atoms with Gasteiger partial charge in [-0.2, -0.15) is 4.98 Å².